The second-order valence-corrected chi connectivity index (χ2v) is 7.70. The van der Waals surface area contributed by atoms with Gasteiger partial charge in [-0.2, -0.15) is 0 Å². The van der Waals surface area contributed by atoms with Crippen molar-refractivity contribution in [1.82, 2.24) is 9.88 Å². The van der Waals surface area contributed by atoms with E-state index in [1.165, 1.54) is 5.56 Å². The lowest BCUT2D eigenvalue weighted by atomic mass is 9.95. The van der Waals surface area contributed by atoms with E-state index in [9.17, 15) is 4.79 Å². The predicted molar refractivity (Wildman–Crippen MR) is 107 cm³/mol. The fourth-order valence-electron chi connectivity index (χ4n) is 3.85. The highest BCUT2D eigenvalue weighted by Gasteiger charge is 2.27. The molecule has 1 N–H and O–H groups in total. The van der Waals surface area contributed by atoms with Crippen LogP contribution in [0, 0.1) is 13.8 Å². The summed E-state index contributed by atoms with van der Waals surface area (Å²) in [6, 6.07) is 12.2. The maximum atomic E-state index is 13.1. The number of amides is 1. The molecule has 1 atom stereocenters. The largest absolute Gasteiger partial charge is 0.493 e. The molecule has 134 valence electrons. The van der Waals surface area contributed by atoms with Gasteiger partial charge in [-0.25, -0.2) is 0 Å². The number of nitrogens with zero attached hydrogens (tertiary/aromatic N) is 1. The Kier molecular flexibility index (Phi) is 4.27. The van der Waals surface area contributed by atoms with E-state index in [0.29, 0.717) is 12.3 Å². The number of carbonyl (C=O) groups is 1. The van der Waals surface area contributed by atoms with Crippen LogP contribution in [0.4, 0.5) is 0 Å². The summed E-state index contributed by atoms with van der Waals surface area (Å²) in [5.41, 5.74) is 5.03. The van der Waals surface area contributed by atoms with E-state index in [0.717, 1.165) is 38.7 Å². The number of fused-ring (bicyclic) bond motifs is 2. The topological polar surface area (TPSA) is 43.3 Å². The molecule has 0 saturated heterocycles. The highest BCUT2D eigenvalue weighted by atomic mass is 79.9. The highest BCUT2D eigenvalue weighted by molar-refractivity contribution is 9.10. The first kappa shape index (κ1) is 17.2. The van der Waals surface area contributed by atoms with E-state index < -0.39 is 0 Å². The standard InChI is InChI=1S/C21H21BrN2O2/c1-12-10-13(2)20-15(11-12)16(8-9-26-20)23-21(25)19-18(22)14-6-4-5-7-17(14)24(19)3/h4-7,10-11,16H,8-9H2,1-3H3,(H,23,25). The van der Waals surface area contributed by atoms with Crippen molar-refractivity contribution in [2.75, 3.05) is 6.61 Å². The van der Waals surface area contributed by atoms with Crippen molar-refractivity contribution >= 4 is 32.7 Å². The Morgan fingerprint density at radius 1 is 1.27 bits per heavy atom. The van der Waals surface area contributed by atoms with Crippen molar-refractivity contribution in [2.24, 2.45) is 7.05 Å². The zero-order valence-corrected chi connectivity index (χ0v) is 16.7. The van der Waals surface area contributed by atoms with Crippen LogP contribution < -0.4 is 10.1 Å². The van der Waals surface area contributed by atoms with Crippen LogP contribution in [-0.4, -0.2) is 17.1 Å². The Bertz CT molecular complexity index is 984. The summed E-state index contributed by atoms with van der Waals surface area (Å²) >= 11 is 3.62. The summed E-state index contributed by atoms with van der Waals surface area (Å²) in [6.45, 7) is 4.73. The Labute approximate surface area is 161 Å². The lowest BCUT2D eigenvalue weighted by Crippen LogP contribution is -2.33. The smallest absolute Gasteiger partial charge is 0.269 e. The number of halogens is 1. The number of para-hydroxylation sites is 1. The zero-order chi connectivity index (χ0) is 18.4. The van der Waals surface area contributed by atoms with Gasteiger partial charge in [0, 0.05) is 29.9 Å². The molecule has 4 rings (SSSR count). The van der Waals surface area contributed by atoms with Crippen LogP contribution in [0.15, 0.2) is 40.9 Å². The first-order valence-corrected chi connectivity index (χ1v) is 9.54. The first-order valence-electron chi connectivity index (χ1n) is 8.75. The third kappa shape index (κ3) is 2.71. The molecule has 0 fully saturated rings. The van der Waals surface area contributed by atoms with Gasteiger partial charge in [-0.15, -0.1) is 0 Å². The number of hydrogen-bond donors (Lipinski definition) is 1. The molecular weight excluding hydrogens is 392 g/mol. The minimum Gasteiger partial charge on any atom is -0.493 e. The van der Waals surface area contributed by atoms with E-state index >= 15 is 0 Å². The van der Waals surface area contributed by atoms with Crippen LogP contribution in [0.5, 0.6) is 5.75 Å². The molecule has 26 heavy (non-hydrogen) atoms. The number of rotatable bonds is 2. The van der Waals surface area contributed by atoms with E-state index in [2.05, 4.69) is 47.2 Å². The van der Waals surface area contributed by atoms with Crippen molar-refractivity contribution in [3.8, 4) is 5.75 Å². The molecule has 1 unspecified atom stereocenters. The molecule has 0 spiro atoms. The lowest BCUT2D eigenvalue weighted by molar-refractivity contribution is 0.0916. The number of benzene rings is 2. The Morgan fingerprint density at radius 2 is 2.04 bits per heavy atom. The third-order valence-electron chi connectivity index (χ3n) is 5.04. The summed E-state index contributed by atoms with van der Waals surface area (Å²) in [5.74, 6) is 0.829. The zero-order valence-electron chi connectivity index (χ0n) is 15.1. The monoisotopic (exact) mass is 412 g/mol. The van der Waals surface area contributed by atoms with Crippen LogP contribution in [0.3, 0.4) is 0 Å². The number of hydrogen-bond acceptors (Lipinski definition) is 2. The van der Waals surface area contributed by atoms with Gasteiger partial charge in [0.05, 0.1) is 17.1 Å². The van der Waals surface area contributed by atoms with Crippen LogP contribution in [0.1, 0.15) is 39.6 Å². The molecule has 1 aliphatic rings. The van der Waals surface area contributed by atoms with Crippen molar-refractivity contribution < 1.29 is 9.53 Å². The van der Waals surface area contributed by atoms with E-state index in [1.807, 2.05) is 35.9 Å². The number of carbonyl (C=O) groups excluding carboxylic acids is 1. The highest BCUT2D eigenvalue weighted by Crippen LogP contribution is 2.36. The molecule has 2 heterocycles. The third-order valence-corrected chi connectivity index (χ3v) is 5.84. The van der Waals surface area contributed by atoms with E-state index in [4.69, 9.17) is 4.74 Å². The number of aromatic nitrogens is 1. The first-order chi connectivity index (χ1) is 12.5. The summed E-state index contributed by atoms with van der Waals surface area (Å²) in [6.07, 6.45) is 0.767. The fourth-order valence-corrected chi connectivity index (χ4v) is 4.63. The summed E-state index contributed by atoms with van der Waals surface area (Å²) in [4.78, 5) is 13.1. The molecule has 2 aromatic carbocycles. The molecule has 0 saturated carbocycles. The van der Waals surface area contributed by atoms with Gasteiger partial charge >= 0.3 is 0 Å². The molecule has 5 heteroatoms. The molecule has 1 amide bonds. The Balaban J connectivity index is 1.71. The van der Waals surface area contributed by atoms with Crippen molar-refractivity contribution in [3.63, 3.8) is 0 Å². The summed E-state index contributed by atoms with van der Waals surface area (Å²) in [5, 5.41) is 4.26. The van der Waals surface area contributed by atoms with Gasteiger partial charge in [-0.3, -0.25) is 4.79 Å². The van der Waals surface area contributed by atoms with Crippen LogP contribution in [0.2, 0.25) is 0 Å². The minimum atomic E-state index is -0.0763. The average Bonchev–Trinajstić information content (AvgIpc) is 2.87. The molecule has 0 aliphatic carbocycles. The fraction of sp³-hybridized carbons (Fsp3) is 0.286. The van der Waals surface area contributed by atoms with E-state index in [1.54, 1.807) is 0 Å². The van der Waals surface area contributed by atoms with E-state index in [-0.39, 0.29) is 11.9 Å². The van der Waals surface area contributed by atoms with Crippen LogP contribution >= 0.6 is 15.9 Å². The second kappa shape index (κ2) is 6.47. The number of ether oxygens (including phenoxy) is 1. The minimum absolute atomic E-state index is 0.0465. The average molecular weight is 413 g/mol. The van der Waals surface area contributed by atoms with Crippen molar-refractivity contribution in [3.05, 3.63) is 63.3 Å². The molecular formula is C21H21BrN2O2. The maximum absolute atomic E-state index is 13.1. The van der Waals surface area contributed by atoms with Gasteiger partial charge in [0.15, 0.2) is 0 Å². The van der Waals surface area contributed by atoms with Gasteiger partial charge in [0.25, 0.3) is 5.91 Å². The van der Waals surface area contributed by atoms with Gasteiger partial charge in [-0.1, -0.05) is 35.9 Å². The molecule has 3 aromatic rings. The second-order valence-electron chi connectivity index (χ2n) is 6.90. The van der Waals surface area contributed by atoms with Crippen molar-refractivity contribution in [1.29, 1.82) is 0 Å². The van der Waals surface area contributed by atoms with Crippen LogP contribution in [0.25, 0.3) is 10.9 Å². The number of aryl methyl sites for hydroxylation is 3. The van der Waals surface area contributed by atoms with Crippen LogP contribution in [-0.2, 0) is 7.05 Å². The van der Waals surface area contributed by atoms with Gasteiger partial charge in [0.1, 0.15) is 11.4 Å². The van der Waals surface area contributed by atoms with Gasteiger partial charge < -0.3 is 14.6 Å². The quantitative estimate of drug-likeness (QED) is 0.655. The maximum Gasteiger partial charge on any atom is 0.269 e. The normalized spacial score (nSPS) is 16.2. The number of nitrogens with one attached hydrogen (secondary N) is 1. The molecule has 0 bridgehead atoms. The van der Waals surface area contributed by atoms with Gasteiger partial charge in [0.2, 0.25) is 0 Å². The Hall–Kier alpha value is -2.27. The lowest BCUT2D eigenvalue weighted by Gasteiger charge is -2.28. The molecule has 4 nitrogen and oxygen atoms in total. The molecule has 0 radical (unpaired) electrons. The predicted octanol–water partition coefficient (Wildman–Crippen LogP) is 4.81. The Morgan fingerprint density at radius 3 is 2.81 bits per heavy atom. The summed E-state index contributed by atoms with van der Waals surface area (Å²) in [7, 11) is 1.92. The van der Waals surface area contributed by atoms with Gasteiger partial charge in [-0.05, 0) is 41.4 Å². The molecule has 1 aromatic heterocycles. The van der Waals surface area contributed by atoms with Crippen molar-refractivity contribution in [2.45, 2.75) is 26.3 Å². The SMILES string of the molecule is Cc1cc(C)c2c(c1)C(NC(=O)c1c(Br)c3ccccc3n1C)CCO2. The summed E-state index contributed by atoms with van der Waals surface area (Å²) < 4.78 is 8.63. The molecule has 1 aliphatic heterocycles.